The average Bonchev–Trinajstić information content (AvgIpc) is 3.47. The Labute approximate surface area is 259 Å². The molecule has 8 aromatic rings. The second-order valence-corrected chi connectivity index (χ2v) is 11.1. The third-order valence-electron chi connectivity index (χ3n) is 8.06. The highest BCUT2D eigenvalue weighted by Gasteiger charge is 2.16. The molecule has 0 unspecified atom stereocenters. The van der Waals surface area contributed by atoms with E-state index in [0.29, 0.717) is 28.6 Å². The molecule has 2 aromatic heterocycles. The molecule has 0 N–H and O–H groups in total. The highest BCUT2D eigenvalue weighted by atomic mass is 19.1. The number of nitrogens with zero attached hydrogens (tertiary/aromatic N) is 3. The minimum Gasteiger partial charge on any atom is -0.455 e. The fourth-order valence-corrected chi connectivity index (χ4v) is 5.81. The zero-order chi connectivity index (χ0) is 30.3. The maximum absolute atomic E-state index is 15.6. The van der Waals surface area contributed by atoms with E-state index in [2.05, 4.69) is 31.2 Å². The minimum absolute atomic E-state index is 0.325. The summed E-state index contributed by atoms with van der Waals surface area (Å²) in [6.45, 7) is 2.06. The van der Waals surface area contributed by atoms with E-state index in [1.807, 2.05) is 103 Å². The molecule has 0 saturated carbocycles. The predicted molar refractivity (Wildman–Crippen MR) is 179 cm³/mol. The lowest BCUT2D eigenvalue weighted by Crippen LogP contribution is -2.00. The summed E-state index contributed by atoms with van der Waals surface area (Å²) < 4.78 is 21.9. The van der Waals surface area contributed by atoms with Crippen LogP contribution in [0.5, 0.6) is 0 Å². The fraction of sp³-hybridized carbons (Fsp3) is 0.0250. The smallest absolute Gasteiger partial charge is 0.164 e. The Hall–Kier alpha value is -5.94. The fourth-order valence-electron chi connectivity index (χ4n) is 5.81. The summed E-state index contributed by atoms with van der Waals surface area (Å²) in [6.07, 6.45) is 0. The van der Waals surface area contributed by atoms with E-state index in [0.717, 1.165) is 55.3 Å². The molecule has 0 aliphatic rings. The Balaban J connectivity index is 1.24. The second kappa shape index (κ2) is 11.0. The molecular weight excluding hydrogens is 557 g/mol. The van der Waals surface area contributed by atoms with Gasteiger partial charge in [0.15, 0.2) is 17.5 Å². The highest BCUT2D eigenvalue weighted by Crippen LogP contribution is 2.38. The van der Waals surface area contributed by atoms with Crippen LogP contribution in [0.2, 0.25) is 0 Å². The number of hydrogen-bond acceptors (Lipinski definition) is 4. The van der Waals surface area contributed by atoms with Crippen LogP contribution in [0.4, 0.5) is 4.39 Å². The Morgan fingerprint density at radius 3 is 1.76 bits per heavy atom. The third kappa shape index (κ3) is 4.94. The van der Waals surface area contributed by atoms with Gasteiger partial charge in [0, 0.05) is 38.6 Å². The molecule has 0 fully saturated rings. The Morgan fingerprint density at radius 1 is 0.467 bits per heavy atom. The molecule has 0 atom stereocenters. The molecule has 0 bridgehead atoms. The first-order valence-electron chi connectivity index (χ1n) is 14.8. The number of halogens is 1. The normalized spacial score (nSPS) is 11.3. The third-order valence-corrected chi connectivity index (χ3v) is 8.06. The van der Waals surface area contributed by atoms with Gasteiger partial charge in [0.25, 0.3) is 0 Å². The molecule has 5 heteroatoms. The molecule has 214 valence electrons. The highest BCUT2D eigenvalue weighted by molar-refractivity contribution is 6.09. The number of furan rings is 1. The first kappa shape index (κ1) is 26.7. The number of aromatic nitrogens is 3. The predicted octanol–water partition coefficient (Wildman–Crippen LogP) is 10.6. The summed E-state index contributed by atoms with van der Waals surface area (Å²) in [4.78, 5) is 14.4. The summed E-state index contributed by atoms with van der Waals surface area (Å²) in [5, 5.41) is 2.13. The maximum Gasteiger partial charge on any atom is 0.164 e. The number of benzene rings is 6. The lowest BCUT2D eigenvalue weighted by molar-refractivity contribution is 0.631. The van der Waals surface area contributed by atoms with Crippen LogP contribution in [0, 0.1) is 12.7 Å². The first-order valence-corrected chi connectivity index (χ1v) is 14.8. The Kier molecular flexibility index (Phi) is 6.50. The molecule has 0 radical (unpaired) electrons. The van der Waals surface area contributed by atoms with E-state index in [1.165, 1.54) is 6.07 Å². The van der Waals surface area contributed by atoms with Gasteiger partial charge >= 0.3 is 0 Å². The van der Waals surface area contributed by atoms with Crippen molar-refractivity contribution in [1.82, 2.24) is 15.0 Å². The van der Waals surface area contributed by atoms with E-state index < -0.39 is 0 Å². The molecule has 8 rings (SSSR count). The van der Waals surface area contributed by atoms with Crippen molar-refractivity contribution in [1.29, 1.82) is 0 Å². The van der Waals surface area contributed by atoms with Gasteiger partial charge in [0.2, 0.25) is 0 Å². The molecule has 2 heterocycles. The van der Waals surface area contributed by atoms with E-state index in [-0.39, 0.29) is 5.82 Å². The van der Waals surface area contributed by atoms with Crippen LogP contribution in [0.1, 0.15) is 5.56 Å². The van der Waals surface area contributed by atoms with Crippen LogP contribution in [0.3, 0.4) is 0 Å². The summed E-state index contributed by atoms with van der Waals surface area (Å²) in [7, 11) is 0. The van der Waals surface area contributed by atoms with Gasteiger partial charge in [-0.2, -0.15) is 0 Å². The molecular formula is C40H26FN3O. The average molecular weight is 584 g/mol. The van der Waals surface area contributed by atoms with Gasteiger partial charge in [0.05, 0.1) is 0 Å². The second-order valence-electron chi connectivity index (χ2n) is 11.1. The zero-order valence-corrected chi connectivity index (χ0v) is 24.4. The topological polar surface area (TPSA) is 51.8 Å². The SMILES string of the molecule is Cc1ccc2c(c1)oc1c(-c3cccc(-c4cc(-c5nc(-c6ccccc6)nc(-c6ccccc6)n5)ccc4F)c3)cccc12. The van der Waals surface area contributed by atoms with Gasteiger partial charge in [-0.3, -0.25) is 0 Å². The Bertz CT molecular complexity index is 2290. The summed E-state index contributed by atoms with van der Waals surface area (Å²) in [5.74, 6) is 1.26. The van der Waals surface area contributed by atoms with Crippen LogP contribution in [0.15, 0.2) is 144 Å². The van der Waals surface area contributed by atoms with E-state index >= 15 is 4.39 Å². The Morgan fingerprint density at radius 2 is 1.07 bits per heavy atom. The van der Waals surface area contributed by atoms with Crippen molar-refractivity contribution in [2.75, 3.05) is 0 Å². The van der Waals surface area contributed by atoms with Crippen molar-refractivity contribution in [3.05, 3.63) is 151 Å². The molecule has 0 amide bonds. The van der Waals surface area contributed by atoms with Crippen LogP contribution in [0.25, 0.3) is 78.4 Å². The van der Waals surface area contributed by atoms with Gasteiger partial charge in [-0.1, -0.05) is 109 Å². The summed E-state index contributed by atoms with van der Waals surface area (Å²) in [6, 6.07) is 45.0. The maximum atomic E-state index is 15.6. The van der Waals surface area contributed by atoms with Gasteiger partial charge in [-0.15, -0.1) is 0 Å². The lowest BCUT2D eigenvalue weighted by atomic mass is 9.96. The van der Waals surface area contributed by atoms with E-state index in [4.69, 9.17) is 19.4 Å². The monoisotopic (exact) mass is 583 g/mol. The number of rotatable bonds is 5. The lowest BCUT2D eigenvalue weighted by Gasteiger charge is -2.11. The number of para-hydroxylation sites is 1. The van der Waals surface area contributed by atoms with Crippen molar-refractivity contribution in [2.45, 2.75) is 6.92 Å². The van der Waals surface area contributed by atoms with Gasteiger partial charge < -0.3 is 4.42 Å². The van der Waals surface area contributed by atoms with Gasteiger partial charge in [-0.25, -0.2) is 19.3 Å². The molecule has 45 heavy (non-hydrogen) atoms. The largest absolute Gasteiger partial charge is 0.455 e. The molecule has 0 aliphatic heterocycles. The summed E-state index contributed by atoms with van der Waals surface area (Å²) in [5.41, 5.74) is 8.38. The van der Waals surface area contributed by atoms with Crippen LogP contribution in [-0.4, -0.2) is 15.0 Å². The minimum atomic E-state index is -0.325. The molecule has 6 aromatic carbocycles. The molecule has 4 nitrogen and oxygen atoms in total. The number of hydrogen-bond donors (Lipinski definition) is 0. The van der Waals surface area contributed by atoms with E-state index in [1.54, 1.807) is 6.07 Å². The van der Waals surface area contributed by atoms with Crippen LogP contribution in [-0.2, 0) is 0 Å². The quantitative estimate of drug-likeness (QED) is 0.202. The molecule has 0 spiro atoms. The molecule has 0 aliphatic carbocycles. The van der Waals surface area contributed by atoms with Gasteiger partial charge in [-0.05, 0) is 53.9 Å². The van der Waals surface area contributed by atoms with E-state index in [9.17, 15) is 0 Å². The molecule has 0 saturated heterocycles. The van der Waals surface area contributed by atoms with Crippen LogP contribution < -0.4 is 0 Å². The summed E-state index contributed by atoms with van der Waals surface area (Å²) >= 11 is 0. The number of fused-ring (bicyclic) bond motifs is 3. The first-order chi connectivity index (χ1) is 22.1. The standard InChI is InChI=1S/C40H26FN3O/c1-25-18-20-32-33-17-9-16-31(37(33)45-36(32)22-25)28-14-8-15-29(23-28)34-24-30(19-21-35(34)41)40-43-38(26-10-4-2-5-11-26)42-39(44-40)27-12-6-3-7-13-27/h2-24H,1H3. The van der Waals surface area contributed by atoms with Crippen molar-refractivity contribution in [3.8, 4) is 56.4 Å². The van der Waals surface area contributed by atoms with Crippen molar-refractivity contribution < 1.29 is 8.81 Å². The van der Waals surface area contributed by atoms with Crippen molar-refractivity contribution >= 4 is 21.9 Å². The van der Waals surface area contributed by atoms with Gasteiger partial charge in [0.1, 0.15) is 17.0 Å². The van der Waals surface area contributed by atoms with Crippen LogP contribution >= 0.6 is 0 Å². The van der Waals surface area contributed by atoms with Crippen molar-refractivity contribution in [2.24, 2.45) is 0 Å². The van der Waals surface area contributed by atoms with Crippen molar-refractivity contribution in [3.63, 3.8) is 0 Å². The zero-order valence-electron chi connectivity index (χ0n) is 24.4. The number of aryl methyl sites for hydroxylation is 1.